The zero-order valence-electron chi connectivity index (χ0n) is 15.8. The molecule has 2 aliphatic heterocycles. The van der Waals surface area contributed by atoms with E-state index in [1.54, 1.807) is 12.3 Å². The molecular weight excluding hydrogens is 343 g/mol. The van der Waals surface area contributed by atoms with E-state index in [2.05, 4.69) is 36.9 Å². The maximum absolute atomic E-state index is 13.6. The lowest BCUT2D eigenvalue weighted by Gasteiger charge is -2.39. The molecule has 0 bridgehead atoms. The van der Waals surface area contributed by atoms with E-state index >= 15 is 0 Å². The van der Waals surface area contributed by atoms with Crippen molar-refractivity contribution < 1.29 is 4.39 Å². The van der Waals surface area contributed by atoms with Crippen molar-refractivity contribution in [1.29, 1.82) is 0 Å². The fourth-order valence-electron chi connectivity index (χ4n) is 4.07. The van der Waals surface area contributed by atoms with Crippen molar-refractivity contribution in [1.82, 2.24) is 20.0 Å². The van der Waals surface area contributed by atoms with Gasteiger partial charge in [-0.25, -0.2) is 14.4 Å². The third-order valence-corrected chi connectivity index (χ3v) is 5.66. The third-order valence-electron chi connectivity index (χ3n) is 5.66. The Labute approximate surface area is 159 Å². The summed E-state index contributed by atoms with van der Waals surface area (Å²) in [5.41, 5.74) is 1.97. The van der Waals surface area contributed by atoms with Crippen molar-refractivity contribution in [2.45, 2.75) is 45.2 Å². The number of rotatable bonds is 4. The summed E-state index contributed by atoms with van der Waals surface area (Å²) < 4.78 is 13.6. The number of hydrazone groups is 1. The van der Waals surface area contributed by atoms with Gasteiger partial charge in [0.1, 0.15) is 5.82 Å². The molecule has 2 aromatic rings. The molecule has 2 aromatic heterocycles. The quantitative estimate of drug-likeness (QED) is 0.828. The summed E-state index contributed by atoms with van der Waals surface area (Å²) in [5, 5.41) is 6.74. The number of anilines is 1. The zero-order chi connectivity index (χ0) is 18.8. The Balaban J connectivity index is 1.40. The lowest BCUT2D eigenvalue weighted by molar-refractivity contribution is 0.110. The molecule has 2 aliphatic rings. The van der Waals surface area contributed by atoms with Crippen LogP contribution in [0.5, 0.6) is 0 Å². The predicted molar refractivity (Wildman–Crippen MR) is 103 cm³/mol. The molecule has 1 fully saturated rings. The van der Waals surface area contributed by atoms with Gasteiger partial charge in [0.2, 0.25) is 5.95 Å². The normalized spacial score (nSPS) is 21.7. The summed E-state index contributed by atoms with van der Waals surface area (Å²) in [6.07, 6.45) is 11.6. The van der Waals surface area contributed by atoms with Crippen molar-refractivity contribution in [2.24, 2.45) is 11.0 Å². The maximum atomic E-state index is 13.6. The van der Waals surface area contributed by atoms with E-state index in [4.69, 9.17) is 0 Å². The molecule has 0 saturated carbocycles. The number of hydrogen-bond acceptors (Lipinski definition) is 6. The molecule has 4 rings (SSSR count). The van der Waals surface area contributed by atoms with Gasteiger partial charge in [0, 0.05) is 50.4 Å². The number of halogens is 1. The molecule has 142 valence electrons. The van der Waals surface area contributed by atoms with Crippen LogP contribution in [0.15, 0.2) is 36.0 Å². The van der Waals surface area contributed by atoms with E-state index in [0.29, 0.717) is 5.92 Å². The lowest BCUT2D eigenvalue weighted by Crippen LogP contribution is -2.43. The fourth-order valence-corrected chi connectivity index (χ4v) is 4.07. The molecule has 1 saturated heterocycles. The van der Waals surface area contributed by atoms with Crippen molar-refractivity contribution in [3.05, 3.63) is 47.8 Å². The van der Waals surface area contributed by atoms with Gasteiger partial charge in [-0.2, -0.15) is 5.10 Å². The van der Waals surface area contributed by atoms with Gasteiger partial charge < -0.3 is 4.90 Å². The molecule has 1 unspecified atom stereocenters. The summed E-state index contributed by atoms with van der Waals surface area (Å²) in [4.78, 5) is 15.2. The Bertz CT molecular complexity index is 800. The Hall–Kier alpha value is -2.57. The highest BCUT2D eigenvalue weighted by atomic mass is 19.1. The minimum absolute atomic E-state index is 0.0710. The number of aryl methyl sites for hydroxylation is 1. The van der Waals surface area contributed by atoms with E-state index in [1.807, 2.05) is 25.5 Å². The van der Waals surface area contributed by atoms with Crippen LogP contribution >= 0.6 is 0 Å². The third kappa shape index (κ3) is 3.77. The molecular formula is C20H25FN6. The first kappa shape index (κ1) is 17.8. The van der Waals surface area contributed by atoms with Gasteiger partial charge in [0.15, 0.2) is 0 Å². The van der Waals surface area contributed by atoms with Gasteiger partial charge in [-0.15, -0.1) is 0 Å². The van der Waals surface area contributed by atoms with Crippen LogP contribution < -0.4 is 4.90 Å². The monoisotopic (exact) mass is 368 g/mol. The molecule has 7 heteroatoms. The first-order valence-electron chi connectivity index (χ1n) is 9.56. The van der Waals surface area contributed by atoms with E-state index in [0.717, 1.165) is 49.4 Å². The number of pyridine rings is 1. The first-order chi connectivity index (χ1) is 13.1. The Kier molecular flexibility index (Phi) is 5.01. The second kappa shape index (κ2) is 7.58. The van der Waals surface area contributed by atoms with Crippen LogP contribution in [0.1, 0.15) is 43.4 Å². The van der Waals surface area contributed by atoms with E-state index in [9.17, 15) is 4.39 Å². The Morgan fingerprint density at radius 1 is 1.11 bits per heavy atom. The Morgan fingerprint density at radius 2 is 1.85 bits per heavy atom. The summed E-state index contributed by atoms with van der Waals surface area (Å²) in [6, 6.07) is 1.93. The van der Waals surface area contributed by atoms with Gasteiger partial charge in [-0.1, -0.05) is 0 Å². The van der Waals surface area contributed by atoms with Crippen LogP contribution in [0.3, 0.4) is 0 Å². The first-order valence-corrected chi connectivity index (χ1v) is 9.56. The second-order valence-corrected chi connectivity index (χ2v) is 7.49. The molecule has 0 aromatic carbocycles. The fraction of sp³-hybridized carbons (Fsp3) is 0.500. The lowest BCUT2D eigenvalue weighted by atomic mass is 9.89. The zero-order valence-corrected chi connectivity index (χ0v) is 15.8. The van der Waals surface area contributed by atoms with Gasteiger partial charge in [0.05, 0.1) is 12.2 Å². The largest absolute Gasteiger partial charge is 0.341 e. The standard InChI is InChI=1S/C20H25FN6/c1-14-10-23-20(24-11-14)26-7-4-16(5-8-26)15(2)27-19(3-6-25-27)17-9-18(21)13-22-12-17/h6,9-13,15-16,19H,3-5,7-8H2,1-2H3/t15?,19-/m0/s1. The molecule has 0 aliphatic carbocycles. The van der Waals surface area contributed by atoms with Crippen LogP contribution in [-0.4, -0.2) is 45.3 Å². The summed E-state index contributed by atoms with van der Waals surface area (Å²) in [5.74, 6) is 1.05. The predicted octanol–water partition coefficient (Wildman–Crippen LogP) is 3.36. The SMILES string of the molecule is Cc1cnc(N2CCC(C(C)N3N=CC[C@H]3c3cncc(F)c3)CC2)nc1. The number of piperidine rings is 1. The van der Waals surface area contributed by atoms with Gasteiger partial charge in [0.25, 0.3) is 0 Å². The van der Waals surface area contributed by atoms with Crippen molar-refractivity contribution >= 4 is 12.2 Å². The van der Waals surface area contributed by atoms with Gasteiger partial charge in [-0.3, -0.25) is 9.99 Å². The maximum Gasteiger partial charge on any atom is 0.225 e. The average molecular weight is 368 g/mol. The second-order valence-electron chi connectivity index (χ2n) is 7.49. The van der Waals surface area contributed by atoms with Crippen LogP contribution in [-0.2, 0) is 0 Å². The number of hydrogen-bond donors (Lipinski definition) is 0. The summed E-state index contributed by atoms with van der Waals surface area (Å²) >= 11 is 0. The highest BCUT2D eigenvalue weighted by Crippen LogP contribution is 2.35. The number of aromatic nitrogens is 3. The average Bonchev–Trinajstić information content (AvgIpc) is 3.18. The highest BCUT2D eigenvalue weighted by molar-refractivity contribution is 5.60. The van der Waals surface area contributed by atoms with Crippen LogP contribution in [0.4, 0.5) is 10.3 Å². The van der Waals surface area contributed by atoms with Crippen LogP contribution in [0.2, 0.25) is 0 Å². The minimum atomic E-state index is -0.293. The van der Waals surface area contributed by atoms with Gasteiger partial charge in [-0.05, 0) is 49.8 Å². The summed E-state index contributed by atoms with van der Waals surface area (Å²) in [7, 11) is 0. The van der Waals surface area contributed by atoms with E-state index in [1.165, 1.54) is 6.20 Å². The van der Waals surface area contributed by atoms with Gasteiger partial charge >= 0.3 is 0 Å². The highest BCUT2D eigenvalue weighted by Gasteiger charge is 2.34. The molecule has 0 spiro atoms. The molecule has 2 atom stereocenters. The van der Waals surface area contributed by atoms with E-state index < -0.39 is 0 Å². The topological polar surface area (TPSA) is 57.5 Å². The van der Waals surface area contributed by atoms with E-state index in [-0.39, 0.29) is 17.9 Å². The summed E-state index contributed by atoms with van der Waals surface area (Å²) in [6.45, 7) is 6.12. The molecule has 0 N–H and O–H groups in total. The van der Waals surface area contributed by atoms with Crippen molar-refractivity contribution in [2.75, 3.05) is 18.0 Å². The minimum Gasteiger partial charge on any atom is -0.341 e. The van der Waals surface area contributed by atoms with Crippen LogP contribution in [0.25, 0.3) is 0 Å². The number of nitrogens with zero attached hydrogens (tertiary/aromatic N) is 6. The van der Waals surface area contributed by atoms with Crippen molar-refractivity contribution in [3.8, 4) is 0 Å². The molecule has 4 heterocycles. The molecule has 0 radical (unpaired) electrons. The molecule has 27 heavy (non-hydrogen) atoms. The smallest absolute Gasteiger partial charge is 0.225 e. The molecule has 0 amide bonds. The van der Waals surface area contributed by atoms with Crippen molar-refractivity contribution in [3.63, 3.8) is 0 Å². The van der Waals surface area contributed by atoms with Crippen LogP contribution in [0, 0.1) is 18.7 Å². The Morgan fingerprint density at radius 3 is 2.56 bits per heavy atom. The molecule has 6 nitrogen and oxygen atoms in total.